The SMILES string of the molecule is CCCCCCOc1ccc([C@H]2Oc3ccccc3[C@H]3CC(c4ccc(Cl)cc4)=NN32)cc1. The first-order valence-corrected chi connectivity index (χ1v) is 12.2. The summed E-state index contributed by atoms with van der Waals surface area (Å²) in [5.74, 6) is 1.82. The average Bonchev–Trinajstić information content (AvgIpc) is 3.30. The summed E-state index contributed by atoms with van der Waals surface area (Å²) in [7, 11) is 0. The van der Waals surface area contributed by atoms with Crippen LogP contribution in [0.15, 0.2) is 77.9 Å². The van der Waals surface area contributed by atoms with Crippen molar-refractivity contribution < 1.29 is 9.47 Å². The highest BCUT2D eigenvalue weighted by Crippen LogP contribution is 2.47. The van der Waals surface area contributed by atoms with Gasteiger partial charge in [-0.1, -0.05) is 68.1 Å². The first-order chi connectivity index (χ1) is 16.2. The number of para-hydroxylation sites is 1. The van der Waals surface area contributed by atoms with Crippen LogP contribution in [0.5, 0.6) is 11.5 Å². The maximum atomic E-state index is 6.46. The molecule has 2 heterocycles. The lowest BCUT2D eigenvalue weighted by Gasteiger charge is -2.38. The Balaban J connectivity index is 1.38. The quantitative estimate of drug-likeness (QED) is 0.325. The van der Waals surface area contributed by atoms with Gasteiger partial charge in [-0.15, -0.1) is 0 Å². The van der Waals surface area contributed by atoms with Crippen LogP contribution in [0.25, 0.3) is 0 Å². The molecule has 33 heavy (non-hydrogen) atoms. The molecule has 5 heteroatoms. The van der Waals surface area contributed by atoms with E-state index in [1.54, 1.807) is 0 Å². The number of hydrazone groups is 1. The zero-order chi connectivity index (χ0) is 22.6. The van der Waals surface area contributed by atoms with E-state index in [0.717, 1.165) is 52.8 Å². The van der Waals surface area contributed by atoms with E-state index >= 15 is 0 Å². The topological polar surface area (TPSA) is 34.1 Å². The van der Waals surface area contributed by atoms with Gasteiger partial charge in [0.05, 0.1) is 18.4 Å². The van der Waals surface area contributed by atoms with Crippen LogP contribution >= 0.6 is 11.6 Å². The molecule has 0 radical (unpaired) electrons. The van der Waals surface area contributed by atoms with Crippen molar-refractivity contribution in [2.75, 3.05) is 6.61 Å². The highest BCUT2D eigenvalue weighted by molar-refractivity contribution is 6.30. The maximum Gasteiger partial charge on any atom is 0.213 e. The summed E-state index contributed by atoms with van der Waals surface area (Å²) in [6.45, 7) is 2.98. The molecule has 5 rings (SSSR count). The standard InChI is InChI=1S/C28H29ClN2O2/c1-2-3-4-7-18-32-23-16-12-21(13-17-23)28-31-26(24-8-5-6-9-27(24)33-28)19-25(30-31)20-10-14-22(29)15-11-20/h5-6,8-17,26,28H,2-4,7,18-19H2,1H3/t26-,28-/m1/s1. The van der Waals surface area contributed by atoms with E-state index in [2.05, 4.69) is 36.2 Å². The van der Waals surface area contributed by atoms with Crippen molar-refractivity contribution >= 4 is 17.3 Å². The van der Waals surface area contributed by atoms with Gasteiger partial charge in [0.25, 0.3) is 0 Å². The number of nitrogens with zero attached hydrogens (tertiary/aromatic N) is 2. The zero-order valence-corrected chi connectivity index (χ0v) is 19.7. The van der Waals surface area contributed by atoms with Gasteiger partial charge in [-0.3, -0.25) is 0 Å². The fraction of sp³-hybridized carbons (Fsp3) is 0.321. The molecule has 0 saturated carbocycles. The second-order valence-electron chi connectivity index (χ2n) is 8.64. The van der Waals surface area contributed by atoms with Crippen molar-refractivity contribution in [3.05, 3.63) is 94.5 Å². The van der Waals surface area contributed by atoms with Crippen LogP contribution in [-0.2, 0) is 0 Å². The van der Waals surface area contributed by atoms with Gasteiger partial charge in [0.2, 0.25) is 6.23 Å². The molecule has 0 saturated heterocycles. The first-order valence-electron chi connectivity index (χ1n) is 11.8. The van der Waals surface area contributed by atoms with Gasteiger partial charge in [-0.05, 0) is 54.4 Å². The highest BCUT2D eigenvalue weighted by Gasteiger charge is 2.40. The number of ether oxygens (including phenoxy) is 2. The number of unbranched alkanes of at least 4 members (excludes halogenated alkanes) is 3. The largest absolute Gasteiger partial charge is 0.494 e. The monoisotopic (exact) mass is 460 g/mol. The van der Waals surface area contributed by atoms with Crippen molar-refractivity contribution in [3.63, 3.8) is 0 Å². The third-order valence-electron chi connectivity index (χ3n) is 6.31. The summed E-state index contributed by atoms with van der Waals surface area (Å²) in [6, 6.07) is 24.6. The predicted octanol–water partition coefficient (Wildman–Crippen LogP) is 7.54. The van der Waals surface area contributed by atoms with E-state index in [0.29, 0.717) is 0 Å². The molecule has 0 unspecified atom stereocenters. The molecule has 0 aliphatic carbocycles. The smallest absolute Gasteiger partial charge is 0.213 e. The fourth-order valence-electron chi connectivity index (χ4n) is 4.52. The van der Waals surface area contributed by atoms with Gasteiger partial charge in [0.15, 0.2) is 0 Å². The van der Waals surface area contributed by atoms with E-state index in [-0.39, 0.29) is 12.3 Å². The second kappa shape index (κ2) is 9.88. The van der Waals surface area contributed by atoms with Crippen LogP contribution in [-0.4, -0.2) is 17.3 Å². The minimum absolute atomic E-state index is 0.139. The van der Waals surface area contributed by atoms with E-state index in [9.17, 15) is 0 Å². The maximum absolute atomic E-state index is 6.46. The average molecular weight is 461 g/mol. The zero-order valence-electron chi connectivity index (χ0n) is 18.9. The lowest BCUT2D eigenvalue weighted by atomic mass is 9.96. The Kier molecular flexibility index (Phi) is 6.54. The highest BCUT2D eigenvalue weighted by atomic mass is 35.5. The molecule has 2 atom stereocenters. The van der Waals surface area contributed by atoms with Gasteiger partial charge in [-0.25, -0.2) is 5.01 Å². The van der Waals surface area contributed by atoms with Crippen molar-refractivity contribution in [3.8, 4) is 11.5 Å². The molecular formula is C28H29ClN2O2. The molecule has 0 N–H and O–H groups in total. The minimum atomic E-state index is -0.284. The number of halogens is 1. The lowest BCUT2D eigenvalue weighted by molar-refractivity contribution is -0.0190. The molecule has 2 aliphatic rings. The van der Waals surface area contributed by atoms with Crippen molar-refractivity contribution in [2.24, 2.45) is 5.10 Å². The number of benzene rings is 3. The van der Waals surface area contributed by atoms with Crippen LogP contribution < -0.4 is 9.47 Å². The molecular weight excluding hydrogens is 432 g/mol. The predicted molar refractivity (Wildman–Crippen MR) is 133 cm³/mol. The molecule has 3 aromatic carbocycles. The van der Waals surface area contributed by atoms with Gasteiger partial charge < -0.3 is 9.47 Å². The molecule has 0 fully saturated rings. The van der Waals surface area contributed by atoms with Crippen LogP contribution in [0.3, 0.4) is 0 Å². The Morgan fingerprint density at radius 1 is 0.970 bits per heavy atom. The van der Waals surface area contributed by atoms with E-state index in [1.165, 1.54) is 24.8 Å². The number of rotatable bonds is 8. The minimum Gasteiger partial charge on any atom is -0.494 e. The van der Waals surface area contributed by atoms with E-state index in [1.807, 2.05) is 48.5 Å². The summed E-state index contributed by atoms with van der Waals surface area (Å²) in [6.07, 6.45) is 5.35. The van der Waals surface area contributed by atoms with Gasteiger partial charge in [0, 0.05) is 22.6 Å². The van der Waals surface area contributed by atoms with Crippen LogP contribution in [0, 0.1) is 0 Å². The van der Waals surface area contributed by atoms with Gasteiger partial charge in [0.1, 0.15) is 11.5 Å². The number of hydrogen-bond donors (Lipinski definition) is 0. The fourth-order valence-corrected chi connectivity index (χ4v) is 4.64. The third kappa shape index (κ3) is 4.72. The van der Waals surface area contributed by atoms with Crippen LogP contribution in [0.1, 0.15) is 68.0 Å². The molecule has 0 bridgehead atoms. The molecule has 3 aromatic rings. The third-order valence-corrected chi connectivity index (χ3v) is 6.56. The normalized spacial score (nSPS) is 18.8. The second-order valence-corrected chi connectivity index (χ2v) is 9.08. The molecule has 4 nitrogen and oxygen atoms in total. The Morgan fingerprint density at radius 3 is 2.55 bits per heavy atom. The van der Waals surface area contributed by atoms with Crippen molar-refractivity contribution in [2.45, 2.75) is 51.3 Å². The van der Waals surface area contributed by atoms with Gasteiger partial charge in [-0.2, -0.15) is 5.10 Å². The van der Waals surface area contributed by atoms with Gasteiger partial charge >= 0.3 is 0 Å². The Labute approximate surface area is 200 Å². The molecule has 170 valence electrons. The summed E-state index contributed by atoms with van der Waals surface area (Å²) >= 11 is 6.10. The number of hydrogen-bond acceptors (Lipinski definition) is 4. The molecule has 2 aliphatic heterocycles. The lowest BCUT2D eigenvalue weighted by Crippen LogP contribution is -2.33. The van der Waals surface area contributed by atoms with Crippen molar-refractivity contribution in [1.82, 2.24) is 5.01 Å². The Bertz CT molecular complexity index is 1110. The molecule has 0 amide bonds. The molecule has 0 spiro atoms. The summed E-state index contributed by atoms with van der Waals surface area (Å²) in [4.78, 5) is 0. The Morgan fingerprint density at radius 2 is 1.76 bits per heavy atom. The van der Waals surface area contributed by atoms with E-state index < -0.39 is 0 Å². The first kappa shape index (κ1) is 21.8. The summed E-state index contributed by atoms with van der Waals surface area (Å²) in [5, 5.41) is 7.85. The van der Waals surface area contributed by atoms with Crippen molar-refractivity contribution in [1.29, 1.82) is 0 Å². The van der Waals surface area contributed by atoms with E-state index in [4.69, 9.17) is 26.2 Å². The Hall–Kier alpha value is -2.98. The number of fused-ring (bicyclic) bond motifs is 3. The molecule has 0 aromatic heterocycles. The van der Waals surface area contributed by atoms with Crippen LogP contribution in [0.2, 0.25) is 5.02 Å². The summed E-state index contributed by atoms with van der Waals surface area (Å²) in [5.41, 5.74) is 4.38. The van der Waals surface area contributed by atoms with Crippen LogP contribution in [0.4, 0.5) is 0 Å². The summed E-state index contributed by atoms with van der Waals surface area (Å²) < 4.78 is 12.4.